The van der Waals surface area contributed by atoms with Crippen LogP contribution < -0.4 is 0 Å². The van der Waals surface area contributed by atoms with Gasteiger partial charge in [-0.3, -0.25) is 4.40 Å². The van der Waals surface area contributed by atoms with Crippen LogP contribution in [-0.4, -0.2) is 34.5 Å². The first-order valence-electron chi connectivity index (χ1n) is 8.32. The normalized spacial score (nSPS) is 11.9. The fourth-order valence-corrected chi connectivity index (χ4v) is 4.52. The van der Waals surface area contributed by atoms with Crippen LogP contribution in [-0.2, 0) is 13.6 Å². The SMILES string of the molecule is Cn1c(=S)n(CCSc2n[nH]c3nc4ccccc4n23)c2ccccc21. The third-order valence-corrected chi connectivity index (χ3v) is 6.01. The highest BCUT2D eigenvalue weighted by Crippen LogP contribution is 2.24. The van der Waals surface area contributed by atoms with Crippen LogP contribution in [0.2, 0.25) is 0 Å². The monoisotopic (exact) mass is 380 g/mol. The van der Waals surface area contributed by atoms with Crippen LogP contribution in [0, 0.1) is 4.77 Å². The third kappa shape index (κ3) is 2.29. The van der Waals surface area contributed by atoms with Gasteiger partial charge in [0, 0.05) is 19.3 Å². The lowest BCUT2D eigenvalue weighted by atomic mass is 10.3. The lowest BCUT2D eigenvalue weighted by Crippen LogP contribution is -2.02. The van der Waals surface area contributed by atoms with E-state index >= 15 is 0 Å². The number of nitrogens with zero attached hydrogens (tertiary/aromatic N) is 5. The van der Waals surface area contributed by atoms with Gasteiger partial charge in [0.1, 0.15) is 0 Å². The quantitative estimate of drug-likeness (QED) is 0.378. The topological polar surface area (TPSA) is 55.8 Å². The van der Waals surface area contributed by atoms with E-state index in [9.17, 15) is 0 Å². The van der Waals surface area contributed by atoms with Crippen LogP contribution in [0.3, 0.4) is 0 Å². The second-order valence-corrected chi connectivity index (χ2v) is 7.52. The molecule has 3 aromatic heterocycles. The molecule has 0 saturated carbocycles. The van der Waals surface area contributed by atoms with Gasteiger partial charge in [0.05, 0.1) is 22.1 Å². The Morgan fingerprint density at radius 1 is 1.04 bits per heavy atom. The highest BCUT2D eigenvalue weighted by atomic mass is 32.2. The van der Waals surface area contributed by atoms with Gasteiger partial charge in [-0.15, -0.1) is 5.10 Å². The Hall–Kier alpha value is -2.58. The number of thioether (sulfide) groups is 1. The van der Waals surface area contributed by atoms with E-state index in [2.05, 4.69) is 53.0 Å². The number of aryl methyl sites for hydroxylation is 2. The number of fused-ring (bicyclic) bond motifs is 4. The molecule has 0 aliphatic rings. The van der Waals surface area contributed by atoms with Crippen molar-refractivity contribution in [1.82, 2.24) is 28.7 Å². The molecule has 3 heterocycles. The summed E-state index contributed by atoms with van der Waals surface area (Å²) in [6.45, 7) is 0.825. The second-order valence-electron chi connectivity index (χ2n) is 6.10. The number of aromatic nitrogens is 6. The zero-order valence-corrected chi connectivity index (χ0v) is 15.7. The first-order valence-corrected chi connectivity index (χ1v) is 9.72. The Labute approximate surface area is 158 Å². The number of H-pyrrole nitrogens is 1. The summed E-state index contributed by atoms with van der Waals surface area (Å²) in [6.07, 6.45) is 0. The highest BCUT2D eigenvalue weighted by molar-refractivity contribution is 7.99. The van der Waals surface area contributed by atoms with Gasteiger partial charge in [-0.2, -0.15) is 0 Å². The van der Waals surface area contributed by atoms with Crippen LogP contribution in [0.4, 0.5) is 0 Å². The first kappa shape index (κ1) is 15.7. The molecular formula is C18H16N6S2. The molecule has 5 aromatic rings. The van der Waals surface area contributed by atoms with Crippen molar-refractivity contribution in [3.8, 4) is 0 Å². The fourth-order valence-electron chi connectivity index (χ4n) is 3.35. The van der Waals surface area contributed by atoms with Crippen molar-refractivity contribution in [2.45, 2.75) is 11.7 Å². The number of hydrogen-bond donors (Lipinski definition) is 1. The molecule has 8 heteroatoms. The number of rotatable bonds is 4. The number of para-hydroxylation sites is 4. The van der Waals surface area contributed by atoms with Crippen molar-refractivity contribution in [1.29, 1.82) is 0 Å². The van der Waals surface area contributed by atoms with E-state index in [1.54, 1.807) is 11.8 Å². The van der Waals surface area contributed by atoms with Gasteiger partial charge in [0.15, 0.2) is 9.93 Å². The molecule has 0 bridgehead atoms. The molecule has 1 N–H and O–H groups in total. The average molecular weight is 381 g/mol. The lowest BCUT2D eigenvalue weighted by Gasteiger charge is -2.04. The predicted octanol–water partition coefficient (Wildman–Crippen LogP) is 4.03. The van der Waals surface area contributed by atoms with Crippen molar-refractivity contribution < 1.29 is 0 Å². The van der Waals surface area contributed by atoms with Gasteiger partial charge in [0.2, 0.25) is 5.78 Å². The van der Waals surface area contributed by atoms with Crippen molar-refractivity contribution in [3.63, 3.8) is 0 Å². The van der Waals surface area contributed by atoms with E-state index in [0.29, 0.717) is 0 Å². The highest BCUT2D eigenvalue weighted by Gasteiger charge is 2.12. The number of hydrogen-bond acceptors (Lipinski definition) is 4. The second kappa shape index (κ2) is 6.00. The van der Waals surface area contributed by atoms with E-state index < -0.39 is 0 Å². The van der Waals surface area contributed by atoms with Crippen molar-refractivity contribution >= 4 is 51.8 Å². The Morgan fingerprint density at radius 3 is 2.62 bits per heavy atom. The Balaban J connectivity index is 1.45. The molecule has 130 valence electrons. The van der Waals surface area contributed by atoms with Crippen molar-refractivity contribution in [3.05, 3.63) is 53.3 Å². The van der Waals surface area contributed by atoms with Gasteiger partial charge in [-0.1, -0.05) is 36.0 Å². The summed E-state index contributed by atoms with van der Waals surface area (Å²) >= 11 is 7.32. The minimum absolute atomic E-state index is 0.774. The molecule has 5 rings (SSSR count). The molecule has 0 atom stereocenters. The summed E-state index contributed by atoms with van der Waals surface area (Å²) in [4.78, 5) is 4.57. The largest absolute Gasteiger partial charge is 0.320 e. The Bertz CT molecular complexity index is 1310. The number of nitrogens with one attached hydrogen (secondary N) is 1. The van der Waals surface area contributed by atoms with Crippen LogP contribution in [0.25, 0.3) is 27.8 Å². The number of benzene rings is 2. The van der Waals surface area contributed by atoms with Crippen molar-refractivity contribution in [2.75, 3.05) is 5.75 Å². The maximum Gasteiger partial charge on any atom is 0.231 e. The van der Waals surface area contributed by atoms with Gasteiger partial charge in [-0.25, -0.2) is 10.1 Å². The molecule has 0 saturated heterocycles. The standard InChI is InChI=1S/C18H16N6S2/c1-22-14-8-4-5-9-15(14)23(18(22)25)10-11-26-17-21-20-16-19-12-6-2-3-7-13(12)24(16)17/h2-9H,10-11H2,1H3,(H,19,20). The van der Waals surface area contributed by atoms with E-state index in [-0.39, 0.29) is 0 Å². The molecule has 0 radical (unpaired) electrons. The minimum atomic E-state index is 0.774. The summed E-state index contributed by atoms with van der Waals surface area (Å²) in [7, 11) is 2.02. The van der Waals surface area contributed by atoms with Crippen LogP contribution in [0.15, 0.2) is 53.7 Å². The fraction of sp³-hybridized carbons (Fsp3) is 0.167. The molecule has 26 heavy (non-hydrogen) atoms. The van der Waals surface area contributed by atoms with Gasteiger partial charge < -0.3 is 9.13 Å². The first-order chi connectivity index (χ1) is 12.7. The van der Waals surface area contributed by atoms with Gasteiger partial charge in [-0.05, 0) is 36.5 Å². The maximum absolute atomic E-state index is 5.61. The Morgan fingerprint density at radius 2 is 1.77 bits per heavy atom. The smallest absolute Gasteiger partial charge is 0.231 e. The summed E-state index contributed by atoms with van der Waals surface area (Å²) in [5, 5.41) is 8.36. The van der Waals surface area contributed by atoms with Crippen LogP contribution in [0.1, 0.15) is 0 Å². The summed E-state index contributed by atoms with van der Waals surface area (Å²) < 4.78 is 7.16. The number of imidazole rings is 2. The van der Waals surface area contributed by atoms with E-state index in [0.717, 1.165) is 44.6 Å². The molecule has 0 amide bonds. The van der Waals surface area contributed by atoms with Gasteiger partial charge in [0.25, 0.3) is 0 Å². The van der Waals surface area contributed by atoms with Crippen molar-refractivity contribution in [2.24, 2.45) is 7.05 Å². The molecule has 6 nitrogen and oxygen atoms in total. The molecule has 0 unspecified atom stereocenters. The summed E-state index contributed by atoms with van der Waals surface area (Å²) in [5.41, 5.74) is 4.37. The number of aromatic amines is 1. The predicted molar refractivity (Wildman–Crippen MR) is 107 cm³/mol. The zero-order chi connectivity index (χ0) is 17.7. The molecule has 0 fully saturated rings. The molecule has 2 aromatic carbocycles. The van der Waals surface area contributed by atoms with Crippen LogP contribution in [0.5, 0.6) is 0 Å². The van der Waals surface area contributed by atoms with Crippen LogP contribution >= 0.6 is 24.0 Å². The average Bonchev–Trinajstić information content (AvgIpc) is 3.30. The van der Waals surface area contributed by atoms with E-state index in [4.69, 9.17) is 12.2 Å². The molecule has 0 aliphatic heterocycles. The molecule has 0 spiro atoms. The third-order valence-electron chi connectivity index (χ3n) is 4.60. The summed E-state index contributed by atoms with van der Waals surface area (Å²) in [6, 6.07) is 16.4. The van der Waals surface area contributed by atoms with E-state index in [1.807, 2.05) is 31.3 Å². The zero-order valence-electron chi connectivity index (χ0n) is 14.1. The van der Waals surface area contributed by atoms with E-state index in [1.165, 1.54) is 5.52 Å². The minimum Gasteiger partial charge on any atom is -0.320 e. The Kier molecular flexibility index (Phi) is 3.61. The maximum atomic E-state index is 5.61. The van der Waals surface area contributed by atoms with Gasteiger partial charge >= 0.3 is 0 Å². The lowest BCUT2D eigenvalue weighted by molar-refractivity contribution is 0.745. The molecule has 0 aliphatic carbocycles. The summed E-state index contributed by atoms with van der Waals surface area (Å²) in [5.74, 6) is 1.64. The molecular weight excluding hydrogens is 364 g/mol.